The highest BCUT2D eigenvalue weighted by Crippen LogP contribution is 2.09. The Bertz CT molecular complexity index is 284. The van der Waals surface area contributed by atoms with E-state index in [9.17, 15) is 4.79 Å². The Morgan fingerprint density at radius 3 is 3.00 bits per heavy atom. The summed E-state index contributed by atoms with van der Waals surface area (Å²) in [5.41, 5.74) is 0.661. The summed E-state index contributed by atoms with van der Waals surface area (Å²) in [6, 6.07) is 1.76. The quantitative estimate of drug-likeness (QED) is 0.506. The second kappa shape index (κ2) is 3.90. The third kappa shape index (κ3) is 2.09. The minimum absolute atomic E-state index is 0.117. The molecule has 1 rings (SSSR count). The van der Waals surface area contributed by atoms with Crippen LogP contribution in [-0.4, -0.2) is 5.78 Å². The number of hydrogen-bond donors (Lipinski definition) is 0. The maximum Gasteiger partial charge on any atom is 0.166 e. The highest BCUT2D eigenvalue weighted by molar-refractivity contribution is 5.95. The smallest absolute Gasteiger partial charge is 0.166 e. The predicted octanol–water partition coefficient (Wildman–Crippen LogP) is 2.74. The second-order valence-electron chi connectivity index (χ2n) is 2.70. The van der Waals surface area contributed by atoms with Gasteiger partial charge in [0.1, 0.15) is 12.0 Å². The van der Waals surface area contributed by atoms with Gasteiger partial charge in [-0.15, -0.1) is 6.58 Å². The molecule has 0 aliphatic rings. The number of carbonyl (C=O) groups is 1. The third-order valence-electron chi connectivity index (χ3n) is 1.63. The Hall–Kier alpha value is -1.31. The molecule has 0 atom stereocenters. The van der Waals surface area contributed by atoms with E-state index in [4.69, 9.17) is 4.42 Å². The Morgan fingerprint density at radius 2 is 2.50 bits per heavy atom. The first-order valence-electron chi connectivity index (χ1n) is 3.93. The minimum atomic E-state index is 0.117. The fourth-order valence-corrected chi connectivity index (χ4v) is 0.967. The van der Waals surface area contributed by atoms with Gasteiger partial charge in [-0.25, -0.2) is 0 Å². The van der Waals surface area contributed by atoms with Gasteiger partial charge in [-0.3, -0.25) is 4.79 Å². The summed E-state index contributed by atoms with van der Waals surface area (Å²) in [7, 11) is 0. The molecule has 0 aliphatic heterocycles. The molecule has 1 aromatic rings. The van der Waals surface area contributed by atoms with Crippen LogP contribution in [-0.2, 0) is 0 Å². The van der Waals surface area contributed by atoms with E-state index in [2.05, 4.69) is 6.58 Å². The number of Topliss-reactive ketones (excluding diaryl/α,β-unsaturated/α-hetero) is 1. The number of hydrogen-bond acceptors (Lipinski definition) is 2. The summed E-state index contributed by atoms with van der Waals surface area (Å²) < 4.78 is 5.02. The van der Waals surface area contributed by atoms with Gasteiger partial charge in [-0.1, -0.05) is 6.08 Å². The fourth-order valence-electron chi connectivity index (χ4n) is 0.967. The number of furan rings is 1. The summed E-state index contributed by atoms with van der Waals surface area (Å²) >= 11 is 0. The van der Waals surface area contributed by atoms with Crippen molar-refractivity contribution in [2.24, 2.45) is 0 Å². The van der Waals surface area contributed by atoms with Crippen LogP contribution < -0.4 is 0 Å². The molecule has 1 aromatic heterocycles. The predicted molar refractivity (Wildman–Crippen MR) is 47.2 cm³/mol. The number of allylic oxidation sites excluding steroid dienone is 1. The van der Waals surface area contributed by atoms with Crippen LogP contribution in [0.3, 0.4) is 0 Å². The molecule has 0 radical (unpaired) electrons. The molecule has 12 heavy (non-hydrogen) atoms. The van der Waals surface area contributed by atoms with Crippen molar-refractivity contribution in [2.75, 3.05) is 0 Å². The fraction of sp³-hybridized carbons (Fsp3) is 0.300. The van der Waals surface area contributed by atoms with E-state index in [0.717, 1.165) is 12.2 Å². The molecule has 0 fully saturated rings. The van der Waals surface area contributed by atoms with Gasteiger partial charge in [0.2, 0.25) is 0 Å². The van der Waals surface area contributed by atoms with Crippen molar-refractivity contribution in [1.29, 1.82) is 0 Å². The molecule has 0 spiro atoms. The van der Waals surface area contributed by atoms with Gasteiger partial charge in [0.25, 0.3) is 0 Å². The molecule has 2 heteroatoms. The van der Waals surface area contributed by atoms with E-state index in [-0.39, 0.29) is 5.78 Å². The van der Waals surface area contributed by atoms with Crippen molar-refractivity contribution in [1.82, 2.24) is 0 Å². The van der Waals surface area contributed by atoms with Crippen molar-refractivity contribution < 1.29 is 9.21 Å². The van der Waals surface area contributed by atoms with E-state index >= 15 is 0 Å². The largest absolute Gasteiger partial charge is 0.469 e. The van der Waals surface area contributed by atoms with Gasteiger partial charge in [-0.05, 0) is 19.4 Å². The molecule has 0 amide bonds. The summed E-state index contributed by atoms with van der Waals surface area (Å²) in [4.78, 5) is 11.3. The van der Waals surface area contributed by atoms with Crippen molar-refractivity contribution in [2.45, 2.75) is 19.8 Å². The molecular weight excluding hydrogens is 152 g/mol. The van der Waals surface area contributed by atoms with Crippen molar-refractivity contribution in [3.8, 4) is 0 Å². The Balaban J connectivity index is 2.59. The van der Waals surface area contributed by atoms with Gasteiger partial charge < -0.3 is 4.42 Å². The van der Waals surface area contributed by atoms with Crippen LogP contribution in [0.4, 0.5) is 0 Å². The Morgan fingerprint density at radius 1 is 1.75 bits per heavy atom. The monoisotopic (exact) mass is 164 g/mol. The standard InChI is InChI=1S/C10H12O2/c1-3-4-5-10(11)9-6-8(2)12-7-9/h3,6-7H,1,4-5H2,2H3. The van der Waals surface area contributed by atoms with E-state index < -0.39 is 0 Å². The molecule has 0 unspecified atom stereocenters. The normalized spacial score (nSPS) is 9.75. The molecule has 64 valence electrons. The van der Waals surface area contributed by atoms with Crippen molar-refractivity contribution in [3.63, 3.8) is 0 Å². The van der Waals surface area contributed by atoms with Gasteiger partial charge >= 0.3 is 0 Å². The molecule has 0 aromatic carbocycles. The van der Waals surface area contributed by atoms with Crippen LogP contribution >= 0.6 is 0 Å². The first kappa shape index (κ1) is 8.78. The second-order valence-corrected chi connectivity index (χ2v) is 2.70. The molecule has 1 heterocycles. The zero-order chi connectivity index (χ0) is 8.97. The lowest BCUT2D eigenvalue weighted by Gasteiger charge is -1.91. The molecule has 0 bridgehead atoms. The first-order chi connectivity index (χ1) is 5.74. The zero-order valence-corrected chi connectivity index (χ0v) is 7.17. The molecule has 0 N–H and O–H groups in total. The number of ketones is 1. The molecule has 0 aliphatic carbocycles. The van der Waals surface area contributed by atoms with Gasteiger partial charge in [0.05, 0.1) is 5.56 Å². The lowest BCUT2D eigenvalue weighted by atomic mass is 10.1. The number of aryl methyl sites for hydroxylation is 1. The average Bonchev–Trinajstić information content (AvgIpc) is 2.47. The maximum atomic E-state index is 11.3. The molecule has 0 saturated carbocycles. The summed E-state index contributed by atoms with van der Waals surface area (Å²) in [6.45, 7) is 5.38. The Kier molecular flexibility index (Phi) is 2.86. The molecule has 0 saturated heterocycles. The lowest BCUT2D eigenvalue weighted by Crippen LogP contribution is -1.95. The van der Waals surface area contributed by atoms with Crippen LogP contribution in [0.15, 0.2) is 29.4 Å². The SMILES string of the molecule is C=CCCC(=O)c1coc(C)c1. The lowest BCUT2D eigenvalue weighted by molar-refractivity contribution is 0.0983. The highest BCUT2D eigenvalue weighted by atomic mass is 16.3. The van der Waals surface area contributed by atoms with Crippen LogP contribution in [0.1, 0.15) is 29.0 Å². The number of rotatable bonds is 4. The number of carbonyl (C=O) groups excluding carboxylic acids is 1. The van der Waals surface area contributed by atoms with Crippen LogP contribution in [0.2, 0.25) is 0 Å². The maximum absolute atomic E-state index is 11.3. The van der Waals surface area contributed by atoms with E-state index in [1.165, 1.54) is 6.26 Å². The molecular formula is C10H12O2. The molecule has 2 nitrogen and oxygen atoms in total. The van der Waals surface area contributed by atoms with Gasteiger partial charge in [0, 0.05) is 6.42 Å². The van der Waals surface area contributed by atoms with Crippen LogP contribution in [0.25, 0.3) is 0 Å². The summed E-state index contributed by atoms with van der Waals surface area (Å²) in [6.07, 6.45) is 4.48. The summed E-state index contributed by atoms with van der Waals surface area (Å²) in [5, 5.41) is 0. The third-order valence-corrected chi connectivity index (χ3v) is 1.63. The van der Waals surface area contributed by atoms with E-state index in [1.54, 1.807) is 12.1 Å². The first-order valence-corrected chi connectivity index (χ1v) is 3.93. The van der Waals surface area contributed by atoms with Crippen molar-refractivity contribution >= 4 is 5.78 Å². The Labute approximate surface area is 71.9 Å². The average molecular weight is 164 g/mol. The topological polar surface area (TPSA) is 30.2 Å². The van der Waals surface area contributed by atoms with Crippen LogP contribution in [0.5, 0.6) is 0 Å². The van der Waals surface area contributed by atoms with Gasteiger partial charge in [-0.2, -0.15) is 0 Å². The van der Waals surface area contributed by atoms with Crippen LogP contribution in [0, 0.1) is 6.92 Å². The van der Waals surface area contributed by atoms with E-state index in [1.807, 2.05) is 6.92 Å². The highest BCUT2D eigenvalue weighted by Gasteiger charge is 2.06. The zero-order valence-electron chi connectivity index (χ0n) is 7.17. The summed E-state index contributed by atoms with van der Waals surface area (Å²) in [5.74, 6) is 0.892. The van der Waals surface area contributed by atoms with Crippen molar-refractivity contribution in [3.05, 3.63) is 36.3 Å². The van der Waals surface area contributed by atoms with E-state index in [0.29, 0.717) is 12.0 Å². The van der Waals surface area contributed by atoms with Gasteiger partial charge in [0.15, 0.2) is 5.78 Å². The minimum Gasteiger partial charge on any atom is -0.469 e.